The van der Waals surface area contributed by atoms with Crippen LogP contribution in [-0.4, -0.2) is 24.4 Å². The topological polar surface area (TPSA) is 20.3 Å². The Kier molecular flexibility index (Phi) is 9.65. The van der Waals surface area contributed by atoms with Gasteiger partial charge in [-0.1, -0.05) is 46.0 Å². The van der Waals surface area contributed by atoms with Crippen molar-refractivity contribution in [1.29, 1.82) is 0 Å². The summed E-state index contributed by atoms with van der Waals surface area (Å²) in [5, 5.41) is 0. The number of unbranched alkanes of at least 4 members (excludes halogenated alkanes) is 5. The average Bonchev–Trinajstić information content (AvgIpc) is 2.24. The first-order valence-electron chi connectivity index (χ1n) is 6.25. The molecule has 1 radical (unpaired) electrons. The predicted octanol–water partition coefficient (Wildman–Crippen LogP) is 3.42. The van der Waals surface area contributed by atoms with Crippen LogP contribution >= 0.6 is 0 Å². The van der Waals surface area contributed by atoms with Gasteiger partial charge < -0.3 is 4.90 Å². The minimum absolute atomic E-state index is 0.301. The lowest BCUT2D eigenvalue weighted by atomic mass is 10.1. The van der Waals surface area contributed by atoms with Crippen LogP contribution in [0.4, 0.5) is 0 Å². The minimum atomic E-state index is 0.301. The quantitative estimate of drug-likeness (QED) is 0.536. The van der Waals surface area contributed by atoms with E-state index in [1.165, 1.54) is 19.3 Å². The third-order valence-corrected chi connectivity index (χ3v) is 2.66. The Balaban J connectivity index is 3.42. The lowest BCUT2D eigenvalue weighted by Crippen LogP contribution is -2.27. The second kappa shape index (κ2) is 10.0. The van der Waals surface area contributed by atoms with E-state index in [9.17, 15) is 4.79 Å². The van der Waals surface area contributed by atoms with Gasteiger partial charge in [0.05, 0.1) is 0 Å². The lowest BCUT2D eigenvalue weighted by Gasteiger charge is -2.16. The van der Waals surface area contributed by atoms with E-state index in [1.807, 2.05) is 11.9 Å². The number of rotatable bonds is 9. The summed E-state index contributed by atoms with van der Waals surface area (Å²) >= 11 is 0. The van der Waals surface area contributed by atoms with E-state index >= 15 is 0 Å². The van der Waals surface area contributed by atoms with Gasteiger partial charge in [-0.25, -0.2) is 0 Å². The maximum absolute atomic E-state index is 11.6. The summed E-state index contributed by atoms with van der Waals surface area (Å²) in [5.74, 6) is 0.301. The van der Waals surface area contributed by atoms with Gasteiger partial charge in [0.2, 0.25) is 5.91 Å². The smallest absolute Gasteiger partial charge is 0.222 e. The van der Waals surface area contributed by atoms with Crippen molar-refractivity contribution in [2.45, 2.75) is 58.3 Å². The van der Waals surface area contributed by atoms with E-state index < -0.39 is 0 Å². The molecule has 0 aromatic rings. The Morgan fingerprint density at radius 2 is 1.87 bits per heavy atom. The second-order valence-corrected chi connectivity index (χ2v) is 4.19. The number of carbonyl (C=O) groups excluding carboxylic acids is 1. The summed E-state index contributed by atoms with van der Waals surface area (Å²) in [6, 6.07) is 0. The number of carbonyl (C=O) groups is 1. The van der Waals surface area contributed by atoms with Gasteiger partial charge in [-0.2, -0.15) is 0 Å². The Morgan fingerprint density at radius 3 is 2.47 bits per heavy atom. The molecule has 0 aromatic heterocycles. The largest absolute Gasteiger partial charge is 0.346 e. The Morgan fingerprint density at radius 1 is 1.13 bits per heavy atom. The van der Waals surface area contributed by atoms with E-state index in [0.717, 1.165) is 38.6 Å². The molecular weight excluding hydrogens is 186 g/mol. The minimum Gasteiger partial charge on any atom is -0.346 e. The molecule has 0 bridgehead atoms. The van der Waals surface area contributed by atoms with Crippen molar-refractivity contribution in [3.63, 3.8) is 0 Å². The molecule has 0 fully saturated rings. The fourth-order valence-electron chi connectivity index (χ4n) is 1.54. The molecule has 0 unspecified atom stereocenters. The Labute approximate surface area is 95.0 Å². The van der Waals surface area contributed by atoms with Crippen LogP contribution in [0.3, 0.4) is 0 Å². The van der Waals surface area contributed by atoms with Gasteiger partial charge in [0.1, 0.15) is 0 Å². The van der Waals surface area contributed by atoms with Crippen LogP contribution < -0.4 is 0 Å². The molecule has 0 aliphatic carbocycles. The number of hydrogen-bond donors (Lipinski definition) is 0. The highest BCUT2D eigenvalue weighted by Gasteiger charge is 2.06. The molecule has 0 aromatic carbocycles. The molecule has 89 valence electrons. The fourth-order valence-corrected chi connectivity index (χ4v) is 1.54. The van der Waals surface area contributed by atoms with Crippen LogP contribution in [0, 0.1) is 6.92 Å². The van der Waals surface area contributed by atoms with Crippen LogP contribution in [0.2, 0.25) is 0 Å². The first-order valence-corrected chi connectivity index (χ1v) is 6.25. The van der Waals surface area contributed by atoms with Gasteiger partial charge in [0, 0.05) is 20.0 Å². The van der Waals surface area contributed by atoms with Gasteiger partial charge >= 0.3 is 0 Å². The molecule has 0 saturated carbocycles. The van der Waals surface area contributed by atoms with Crippen molar-refractivity contribution in [2.75, 3.05) is 13.6 Å². The monoisotopic (exact) mass is 212 g/mol. The second-order valence-electron chi connectivity index (χ2n) is 4.19. The Bertz CT molecular complexity index is 157. The summed E-state index contributed by atoms with van der Waals surface area (Å²) in [5.41, 5.74) is 0. The maximum atomic E-state index is 11.6. The molecule has 0 spiro atoms. The van der Waals surface area contributed by atoms with Crippen molar-refractivity contribution in [1.82, 2.24) is 4.90 Å². The zero-order valence-electron chi connectivity index (χ0n) is 10.4. The number of nitrogens with zero attached hydrogens (tertiary/aromatic N) is 1. The van der Waals surface area contributed by atoms with E-state index in [2.05, 4.69) is 13.8 Å². The van der Waals surface area contributed by atoms with Crippen LogP contribution in [-0.2, 0) is 4.79 Å². The van der Waals surface area contributed by atoms with Crippen LogP contribution in [0.25, 0.3) is 0 Å². The molecule has 0 N–H and O–H groups in total. The van der Waals surface area contributed by atoms with E-state index in [1.54, 1.807) is 0 Å². The molecule has 1 amide bonds. The Hall–Kier alpha value is -0.530. The summed E-state index contributed by atoms with van der Waals surface area (Å²) in [6.45, 7) is 6.87. The zero-order chi connectivity index (χ0) is 11.5. The predicted molar refractivity (Wildman–Crippen MR) is 65.6 cm³/mol. The van der Waals surface area contributed by atoms with Gasteiger partial charge in [-0.05, 0) is 12.8 Å². The first-order chi connectivity index (χ1) is 7.22. The highest BCUT2D eigenvalue weighted by molar-refractivity contribution is 5.75. The standard InChI is InChI=1S/C13H26NO/c1-4-6-8-9-11-13(15)14(3)12-10-7-5-2/h2,4-12H2,1,3H3. The highest BCUT2D eigenvalue weighted by Crippen LogP contribution is 2.05. The molecule has 0 atom stereocenters. The molecule has 15 heavy (non-hydrogen) atoms. The lowest BCUT2D eigenvalue weighted by molar-refractivity contribution is -0.130. The van der Waals surface area contributed by atoms with Gasteiger partial charge in [0.25, 0.3) is 0 Å². The van der Waals surface area contributed by atoms with Gasteiger partial charge in [-0.15, -0.1) is 0 Å². The average molecular weight is 212 g/mol. The SMILES string of the molecule is [CH2]CCCCN(C)C(=O)CCCCCC. The molecule has 0 aliphatic heterocycles. The third kappa shape index (κ3) is 8.46. The van der Waals surface area contributed by atoms with Gasteiger partial charge in [-0.3, -0.25) is 4.79 Å². The van der Waals surface area contributed by atoms with Crippen LogP contribution in [0.5, 0.6) is 0 Å². The zero-order valence-corrected chi connectivity index (χ0v) is 10.4. The van der Waals surface area contributed by atoms with E-state index in [4.69, 9.17) is 0 Å². The first kappa shape index (κ1) is 14.5. The van der Waals surface area contributed by atoms with E-state index in [-0.39, 0.29) is 0 Å². The molecule has 2 nitrogen and oxygen atoms in total. The molecule has 2 heteroatoms. The van der Waals surface area contributed by atoms with Crippen molar-refractivity contribution >= 4 is 5.91 Å². The van der Waals surface area contributed by atoms with Crippen LogP contribution in [0.1, 0.15) is 58.3 Å². The molecule has 0 aliphatic rings. The summed E-state index contributed by atoms with van der Waals surface area (Å²) in [4.78, 5) is 13.5. The number of amides is 1. The highest BCUT2D eigenvalue weighted by atomic mass is 16.2. The normalized spacial score (nSPS) is 10.3. The maximum Gasteiger partial charge on any atom is 0.222 e. The molecule has 0 rings (SSSR count). The van der Waals surface area contributed by atoms with Crippen molar-refractivity contribution in [2.24, 2.45) is 0 Å². The molecular formula is C13H26NO. The van der Waals surface area contributed by atoms with Crippen molar-refractivity contribution in [3.05, 3.63) is 6.92 Å². The van der Waals surface area contributed by atoms with Crippen molar-refractivity contribution in [3.8, 4) is 0 Å². The third-order valence-electron chi connectivity index (χ3n) is 2.66. The summed E-state index contributed by atoms with van der Waals surface area (Å²) in [6.07, 6.45) is 8.61. The summed E-state index contributed by atoms with van der Waals surface area (Å²) < 4.78 is 0. The molecule has 0 saturated heterocycles. The fraction of sp³-hybridized carbons (Fsp3) is 0.846. The van der Waals surface area contributed by atoms with E-state index in [0.29, 0.717) is 5.91 Å². The van der Waals surface area contributed by atoms with Crippen molar-refractivity contribution < 1.29 is 4.79 Å². The molecule has 0 heterocycles. The number of hydrogen-bond acceptors (Lipinski definition) is 1. The van der Waals surface area contributed by atoms with Gasteiger partial charge in [0.15, 0.2) is 0 Å². The summed E-state index contributed by atoms with van der Waals surface area (Å²) in [7, 11) is 1.91. The van der Waals surface area contributed by atoms with Crippen LogP contribution in [0.15, 0.2) is 0 Å².